The minimum Gasteiger partial charge on any atom is -0.392 e. The van der Waals surface area contributed by atoms with Crippen molar-refractivity contribution in [1.29, 1.82) is 0 Å². The van der Waals surface area contributed by atoms with Gasteiger partial charge in [-0.15, -0.1) is 0 Å². The molecule has 4 heteroatoms. The van der Waals surface area contributed by atoms with Crippen molar-refractivity contribution >= 4 is 15.9 Å². The SMILES string of the molecule is OC1CCN(Cc2ccc(Br)c(F)c2)C1. The van der Waals surface area contributed by atoms with Crippen molar-refractivity contribution in [3.63, 3.8) is 0 Å². The van der Waals surface area contributed by atoms with Gasteiger partial charge in [0.25, 0.3) is 0 Å². The Morgan fingerprint density at radius 1 is 1.53 bits per heavy atom. The van der Waals surface area contributed by atoms with E-state index in [0.29, 0.717) is 17.6 Å². The highest BCUT2D eigenvalue weighted by atomic mass is 79.9. The number of likely N-dealkylation sites (tertiary alicyclic amines) is 1. The van der Waals surface area contributed by atoms with Crippen LogP contribution in [0.5, 0.6) is 0 Å². The zero-order valence-electron chi connectivity index (χ0n) is 8.29. The molecule has 1 aliphatic rings. The molecule has 1 saturated heterocycles. The van der Waals surface area contributed by atoms with Crippen LogP contribution < -0.4 is 0 Å². The van der Waals surface area contributed by atoms with Crippen molar-refractivity contribution in [3.8, 4) is 0 Å². The molecule has 0 amide bonds. The molecule has 1 aliphatic heterocycles. The van der Waals surface area contributed by atoms with Crippen LogP contribution in [0.15, 0.2) is 22.7 Å². The van der Waals surface area contributed by atoms with Crippen LogP contribution >= 0.6 is 15.9 Å². The van der Waals surface area contributed by atoms with Crippen molar-refractivity contribution in [1.82, 2.24) is 4.90 Å². The van der Waals surface area contributed by atoms with Gasteiger partial charge in [-0.05, 0) is 40.0 Å². The van der Waals surface area contributed by atoms with E-state index in [1.165, 1.54) is 6.07 Å². The zero-order valence-corrected chi connectivity index (χ0v) is 9.87. The van der Waals surface area contributed by atoms with Crippen molar-refractivity contribution in [2.24, 2.45) is 0 Å². The number of hydrogen-bond acceptors (Lipinski definition) is 2. The lowest BCUT2D eigenvalue weighted by Gasteiger charge is -2.14. The predicted octanol–water partition coefficient (Wildman–Crippen LogP) is 2.15. The summed E-state index contributed by atoms with van der Waals surface area (Å²) in [5.41, 5.74) is 0.949. The monoisotopic (exact) mass is 273 g/mol. The number of aliphatic hydroxyl groups is 1. The van der Waals surface area contributed by atoms with Crippen LogP contribution in [0.2, 0.25) is 0 Å². The summed E-state index contributed by atoms with van der Waals surface area (Å²) in [6.45, 7) is 2.29. The van der Waals surface area contributed by atoms with Crippen LogP contribution in [0.3, 0.4) is 0 Å². The summed E-state index contributed by atoms with van der Waals surface area (Å²) in [6.07, 6.45) is 0.601. The average molecular weight is 274 g/mol. The number of β-amino-alcohol motifs (C(OH)–C–C–N with tert-alkyl or cyclic N) is 1. The summed E-state index contributed by atoms with van der Waals surface area (Å²) >= 11 is 3.12. The molecule has 0 aliphatic carbocycles. The number of benzene rings is 1. The van der Waals surface area contributed by atoms with Gasteiger partial charge in [-0.2, -0.15) is 0 Å². The van der Waals surface area contributed by atoms with Gasteiger partial charge in [0.1, 0.15) is 5.82 Å². The van der Waals surface area contributed by atoms with E-state index in [1.54, 1.807) is 6.07 Å². The largest absolute Gasteiger partial charge is 0.392 e. The standard InChI is InChI=1S/C11H13BrFNO/c12-10-2-1-8(5-11(10)13)6-14-4-3-9(15)7-14/h1-2,5,9,15H,3-4,6-7H2. The van der Waals surface area contributed by atoms with Crippen LogP contribution in [0.4, 0.5) is 4.39 Å². The Bertz CT molecular complexity index is 358. The third kappa shape index (κ3) is 2.77. The molecule has 15 heavy (non-hydrogen) atoms. The lowest BCUT2D eigenvalue weighted by Crippen LogP contribution is -2.21. The third-order valence-corrected chi connectivity index (χ3v) is 3.28. The first-order valence-electron chi connectivity index (χ1n) is 4.99. The number of halogens is 2. The summed E-state index contributed by atoms with van der Waals surface area (Å²) in [5.74, 6) is -0.229. The first kappa shape index (κ1) is 11.0. The quantitative estimate of drug-likeness (QED) is 0.893. The average Bonchev–Trinajstić information content (AvgIpc) is 2.58. The fraction of sp³-hybridized carbons (Fsp3) is 0.455. The highest BCUT2D eigenvalue weighted by Crippen LogP contribution is 2.19. The van der Waals surface area contributed by atoms with Gasteiger partial charge in [0.05, 0.1) is 10.6 Å². The van der Waals surface area contributed by atoms with Crippen LogP contribution in [-0.2, 0) is 6.54 Å². The van der Waals surface area contributed by atoms with Crippen molar-refractivity contribution in [3.05, 3.63) is 34.1 Å². The van der Waals surface area contributed by atoms with Crippen LogP contribution in [0.1, 0.15) is 12.0 Å². The van der Waals surface area contributed by atoms with Crippen molar-refractivity contribution in [2.75, 3.05) is 13.1 Å². The maximum absolute atomic E-state index is 13.2. The minimum absolute atomic E-state index is 0.217. The Morgan fingerprint density at radius 2 is 2.33 bits per heavy atom. The third-order valence-electron chi connectivity index (χ3n) is 2.64. The molecule has 1 heterocycles. The van der Waals surface area contributed by atoms with Gasteiger partial charge in [0.2, 0.25) is 0 Å². The topological polar surface area (TPSA) is 23.5 Å². The molecule has 1 fully saturated rings. The van der Waals surface area contributed by atoms with Gasteiger partial charge in [0.15, 0.2) is 0 Å². The van der Waals surface area contributed by atoms with E-state index in [2.05, 4.69) is 20.8 Å². The molecule has 1 unspecified atom stereocenters. The smallest absolute Gasteiger partial charge is 0.137 e. The maximum atomic E-state index is 13.2. The Labute approximate surface area is 96.8 Å². The van der Waals surface area contributed by atoms with Crippen LogP contribution in [0, 0.1) is 5.82 Å². The summed E-state index contributed by atoms with van der Waals surface area (Å²) in [5, 5.41) is 9.35. The molecule has 1 aromatic carbocycles. The van der Waals surface area contributed by atoms with Crippen molar-refractivity contribution in [2.45, 2.75) is 19.1 Å². The normalized spacial score (nSPS) is 22.2. The van der Waals surface area contributed by atoms with Gasteiger partial charge >= 0.3 is 0 Å². The van der Waals surface area contributed by atoms with Gasteiger partial charge in [0, 0.05) is 19.6 Å². The molecule has 0 bridgehead atoms. The van der Waals surface area contributed by atoms with Crippen molar-refractivity contribution < 1.29 is 9.50 Å². The number of nitrogens with zero attached hydrogens (tertiary/aromatic N) is 1. The first-order chi connectivity index (χ1) is 7.15. The summed E-state index contributed by atoms with van der Waals surface area (Å²) < 4.78 is 13.7. The van der Waals surface area contributed by atoms with Gasteiger partial charge in [-0.25, -0.2) is 4.39 Å². The predicted molar refractivity (Wildman–Crippen MR) is 60.0 cm³/mol. The van der Waals surface area contributed by atoms with E-state index in [0.717, 1.165) is 18.5 Å². The second kappa shape index (κ2) is 4.60. The lowest BCUT2D eigenvalue weighted by atomic mass is 10.2. The molecule has 2 rings (SSSR count). The molecular formula is C11H13BrFNO. The van der Waals surface area contributed by atoms with Gasteiger partial charge in [-0.1, -0.05) is 6.07 Å². The number of hydrogen-bond donors (Lipinski definition) is 1. The van der Waals surface area contributed by atoms with E-state index < -0.39 is 0 Å². The van der Waals surface area contributed by atoms with Crippen LogP contribution in [-0.4, -0.2) is 29.2 Å². The minimum atomic E-state index is -0.229. The fourth-order valence-electron chi connectivity index (χ4n) is 1.85. The molecule has 1 atom stereocenters. The Hall–Kier alpha value is -0.450. The molecule has 0 saturated carbocycles. The zero-order chi connectivity index (χ0) is 10.8. The van der Waals surface area contributed by atoms with E-state index >= 15 is 0 Å². The molecule has 0 aromatic heterocycles. The maximum Gasteiger partial charge on any atom is 0.137 e. The van der Waals surface area contributed by atoms with E-state index in [9.17, 15) is 9.50 Å². The number of aliphatic hydroxyl groups excluding tert-OH is 1. The Morgan fingerprint density at radius 3 is 2.93 bits per heavy atom. The molecule has 1 N–H and O–H groups in total. The molecule has 2 nitrogen and oxygen atoms in total. The summed E-state index contributed by atoms with van der Waals surface area (Å²) in [4.78, 5) is 2.13. The number of rotatable bonds is 2. The molecular weight excluding hydrogens is 261 g/mol. The second-order valence-corrected chi connectivity index (χ2v) is 4.78. The highest BCUT2D eigenvalue weighted by molar-refractivity contribution is 9.10. The summed E-state index contributed by atoms with van der Waals surface area (Å²) in [7, 11) is 0. The molecule has 82 valence electrons. The first-order valence-corrected chi connectivity index (χ1v) is 5.79. The highest BCUT2D eigenvalue weighted by Gasteiger charge is 2.20. The van der Waals surface area contributed by atoms with E-state index in [-0.39, 0.29) is 11.9 Å². The fourth-order valence-corrected chi connectivity index (χ4v) is 2.10. The van der Waals surface area contributed by atoms with Gasteiger partial charge in [-0.3, -0.25) is 4.90 Å². The van der Waals surface area contributed by atoms with Crippen LogP contribution in [0.25, 0.3) is 0 Å². The Balaban J connectivity index is 2.02. The molecule has 0 radical (unpaired) electrons. The lowest BCUT2D eigenvalue weighted by molar-refractivity contribution is 0.175. The summed E-state index contributed by atoms with van der Waals surface area (Å²) in [6, 6.07) is 5.16. The molecule has 1 aromatic rings. The van der Waals surface area contributed by atoms with E-state index in [4.69, 9.17) is 0 Å². The van der Waals surface area contributed by atoms with Gasteiger partial charge < -0.3 is 5.11 Å². The van der Waals surface area contributed by atoms with E-state index in [1.807, 2.05) is 6.07 Å². The molecule has 0 spiro atoms. The Kier molecular flexibility index (Phi) is 3.38. The second-order valence-electron chi connectivity index (χ2n) is 3.93.